The molecule has 28 heavy (non-hydrogen) atoms. The molecule has 6 nitrogen and oxygen atoms in total. The zero-order chi connectivity index (χ0) is 20.9. The minimum Gasteiger partial charge on any atom is -0.482 e. The summed E-state index contributed by atoms with van der Waals surface area (Å²) in [5, 5.41) is 11.5. The Morgan fingerprint density at radius 2 is 1.89 bits per heavy atom. The average Bonchev–Trinajstić information content (AvgIpc) is 2.64. The van der Waals surface area contributed by atoms with Crippen LogP contribution in [0.2, 0.25) is 0 Å². The van der Waals surface area contributed by atoms with Gasteiger partial charge in [-0.1, -0.05) is 6.07 Å². The first-order chi connectivity index (χ1) is 13.1. The Hall–Kier alpha value is -3.54. The van der Waals surface area contributed by atoms with E-state index >= 15 is 0 Å². The molecule has 2 amide bonds. The second-order valence-electron chi connectivity index (χ2n) is 5.94. The number of alkyl halides is 3. The number of anilines is 1. The van der Waals surface area contributed by atoms with Gasteiger partial charge in [-0.15, -0.1) is 0 Å². The molecule has 0 aromatic heterocycles. The third kappa shape index (κ3) is 5.23. The molecular weight excluding hydrogens is 375 g/mol. The SMILES string of the molecule is CN(C)C(=O)c1cccc(NC(=O)COc2ccc(C(F)(F)F)cc2C#N)c1. The molecule has 0 fully saturated rings. The van der Waals surface area contributed by atoms with Crippen molar-refractivity contribution >= 4 is 17.5 Å². The van der Waals surface area contributed by atoms with E-state index in [2.05, 4.69) is 5.32 Å². The van der Waals surface area contributed by atoms with Crippen LogP contribution in [0.3, 0.4) is 0 Å². The molecule has 0 radical (unpaired) electrons. The number of nitrogens with zero attached hydrogens (tertiary/aromatic N) is 2. The van der Waals surface area contributed by atoms with Gasteiger partial charge in [0.1, 0.15) is 11.8 Å². The van der Waals surface area contributed by atoms with Crippen LogP contribution in [0.1, 0.15) is 21.5 Å². The van der Waals surface area contributed by atoms with Crippen molar-refractivity contribution in [3.05, 3.63) is 59.2 Å². The highest BCUT2D eigenvalue weighted by molar-refractivity contribution is 5.97. The van der Waals surface area contributed by atoms with Gasteiger partial charge in [-0.3, -0.25) is 9.59 Å². The van der Waals surface area contributed by atoms with Crippen LogP contribution in [0, 0.1) is 11.3 Å². The summed E-state index contributed by atoms with van der Waals surface area (Å²) in [6.07, 6.45) is -4.59. The highest BCUT2D eigenvalue weighted by Gasteiger charge is 2.31. The lowest BCUT2D eigenvalue weighted by Crippen LogP contribution is -2.23. The van der Waals surface area contributed by atoms with Gasteiger partial charge in [-0.05, 0) is 36.4 Å². The Labute approximate surface area is 159 Å². The molecular formula is C19H16F3N3O3. The van der Waals surface area contributed by atoms with E-state index < -0.39 is 24.3 Å². The third-order valence-electron chi connectivity index (χ3n) is 3.59. The number of carbonyl (C=O) groups is 2. The number of rotatable bonds is 5. The maximum atomic E-state index is 12.7. The largest absolute Gasteiger partial charge is 0.482 e. The van der Waals surface area contributed by atoms with Crippen molar-refractivity contribution in [1.82, 2.24) is 4.90 Å². The first-order valence-electron chi connectivity index (χ1n) is 7.97. The van der Waals surface area contributed by atoms with Crippen LogP contribution in [0.5, 0.6) is 5.75 Å². The van der Waals surface area contributed by atoms with Crippen LogP contribution >= 0.6 is 0 Å². The monoisotopic (exact) mass is 391 g/mol. The number of carbonyl (C=O) groups excluding carboxylic acids is 2. The molecule has 0 aliphatic rings. The van der Waals surface area contributed by atoms with Crippen LogP contribution < -0.4 is 10.1 Å². The first kappa shape index (κ1) is 20.8. The molecule has 0 spiro atoms. The second-order valence-corrected chi connectivity index (χ2v) is 5.94. The van der Waals surface area contributed by atoms with Gasteiger partial charge in [0.25, 0.3) is 11.8 Å². The van der Waals surface area contributed by atoms with Gasteiger partial charge in [0.2, 0.25) is 0 Å². The Morgan fingerprint density at radius 3 is 2.50 bits per heavy atom. The number of nitriles is 1. The molecule has 0 aliphatic carbocycles. The van der Waals surface area contributed by atoms with Crippen LogP contribution in [0.25, 0.3) is 0 Å². The van der Waals surface area contributed by atoms with Crippen LogP contribution in [0.15, 0.2) is 42.5 Å². The molecule has 0 unspecified atom stereocenters. The minimum atomic E-state index is -4.59. The van der Waals surface area contributed by atoms with Crippen molar-refractivity contribution in [3.63, 3.8) is 0 Å². The van der Waals surface area contributed by atoms with Crippen LogP contribution in [-0.4, -0.2) is 37.4 Å². The highest BCUT2D eigenvalue weighted by Crippen LogP contribution is 2.32. The number of hydrogen-bond acceptors (Lipinski definition) is 4. The smallest absolute Gasteiger partial charge is 0.416 e. The zero-order valence-electron chi connectivity index (χ0n) is 15.0. The van der Waals surface area contributed by atoms with E-state index in [1.807, 2.05) is 0 Å². The lowest BCUT2D eigenvalue weighted by atomic mass is 10.1. The van der Waals surface area contributed by atoms with Gasteiger partial charge in [0.15, 0.2) is 6.61 Å². The lowest BCUT2D eigenvalue weighted by molar-refractivity contribution is -0.137. The molecule has 0 aliphatic heterocycles. The van der Waals surface area contributed by atoms with E-state index in [1.54, 1.807) is 38.4 Å². The summed E-state index contributed by atoms with van der Waals surface area (Å²) in [5.41, 5.74) is -0.586. The summed E-state index contributed by atoms with van der Waals surface area (Å²) in [5.74, 6) is -0.976. The van der Waals surface area contributed by atoms with E-state index in [1.165, 1.54) is 11.0 Å². The van der Waals surface area contributed by atoms with Crippen molar-refractivity contribution in [3.8, 4) is 11.8 Å². The zero-order valence-corrected chi connectivity index (χ0v) is 15.0. The van der Waals surface area contributed by atoms with Crippen molar-refractivity contribution in [2.45, 2.75) is 6.18 Å². The molecule has 0 bridgehead atoms. The first-order valence-corrected chi connectivity index (χ1v) is 7.97. The molecule has 2 aromatic rings. The van der Waals surface area contributed by atoms with Gasteiger partial charge >= 0.3 is 6.18 Å². The number of hydrogen-bond donors (Lipinski definition) is 1. The molecule has 146 valence electrons. The van der Waals surface area contributed by atoms with Crippen molar-refractivity contribution < 1.29 is 27.5 Å². The van der Waals surface area contributed by atoms with E-state index in [9.17, 15) is 22.8 Å². The van der Waals surface area contributed by atoms with Crippen LogP contribution in [-0.2, 0) is 11.0 Å². The fraction of sp³-hybridized carbons (Fsp3) is 0.211. The Kier molecular flexibility index (Phi) is 6.26. The summed E-state index contributed by atoms with van der Waals surface area (Å²) in [4.78, 5) is 25.4. The molecule has 2 rings (SSSR count). The summed E-state index contributed by atoms with van der Waals surface area (Å²) >= 11 is 0. The average molecular weight is 391 g/mol. The summed E-state index contributed by atoms with van der Waals surface area (Å²) in [6, 6.07) is 10.3. The van der Waals surface area contributed by atoms with E-state index in [0.29, 0.717) is 17.3 Å². The van der Waals surface area contributed by atoms with E-state index in [0.717, 1.165) is 12.1 Å². The van der Waals surface area contributed by atoms with Crippen molar-refractivity contribution in [2.75, 3.05) is 26.0 Å². The van der Waals surface area contributed by atoms with Crippen molar-refractivity contribution in [1.29, 1.82) is 5.26 Å². The molecule has 0 saturated heterocycles. The lowest BCUT2D eigenvalue weighted by Gasteiger charge is -2.13. The topological polar surface area (TPSA) is 82.4 Å². The Bertz CT molecular complexity index is 934. The number of ether oxygens (including phenoxy) is 1. The standard InChI is InChI=1S/C19H16F3N3O3/c1-25(2)18(27)12-4-3-5-15(9-12)24-17(26)11-28-16-7-6-14(19(20,21)22)8-13(16)10-23/h3-9H,11H2,1-2H3,(H,24,26). The van der Waals surface area contributed by atoms with E-state index in [4.69, 9.17) is 10.00 Å². The molecule has 1 N–H and O–H groups in total. The molecule has 2 aromatic carbocycles. The van der Waals surface area contributed by atoms with Gasteiger partial charge in [-0.2, -0.15) is 18.4 Å². The number of amides is 2. The molecule has 0 heterocycles. The Morgan fingerprint density at radius 1 is 1.18 bits per heavy atom. The second kappa shape index (κ2) is 8.43. The number of nitrogens with one attached hydrogen (secondary N) is 1. The maximum Gasteiger partial charge on any atom is 0.416 e. The number of halogens is 3. The maximum absolute atomic E-state index is 12.7. The summed E-state index contributed by atoms with van der Waals surface area (Å²) < 4.78 is 43.2. The van der Waals surface area contributed by atoms with Crippen LogP contribution in [0.4, 0.5) is 18.9 Å². The quantitative estimate of drug-likeness (QED) is 0.848. The predicted octanol–water partition coefficient (Wildman–Crippen LogP) is 3.30. The minimum absolute atomic E-state index is 0.137. The molecule has 9 heteroatoms. The van der Waals surface area contributed by atoms with Gasteiger partial charge in [-0.25, -0.2) is 0 Å². The predicted molar refractivity (Wildman–Crippen MR) is 94.7 cm³/mol. The normalized spacial score (nSPS) is 10.7. The van der Waals surface area contributed by atoms with Crippen molar-refractivity contribution in [2.24, 2.45) is 0 Å². The van der Waals surface area contributed by atoms with Gasteiger partial charge in [0, 0.05) is 25.3 Å². The summed E-state index contributed by atoms with van der Waals surface area (Å²) in [6.45, 7) is -0.522. The van der Waals surface area contributed by atoms with Gasteiger partial charge in [0.05, 0.1) is 11.1 Å². The third-order valence-corrected chi connectivity index (χ3v) is 3.59. The highest BCUT2D eigenvalue weighted by atomic mass is 19.4. The fourth-order valence-corrected chi connectivity index (χ4v) is 2.25. The van der Waals surface area contributed by atoms with E-state index in [-0.39, 0.29) is 17.2 Å². The number of benzene rings is 2. The fourth-order valence-electron chi connectivity index (χ4n) is 2.25. The Balaban J connectivity index is 2.04. The van der Waals surface area contributed by atoms with Gasteiger partial charge < -0.3 is 15.0 Å². The molecule has 0 atom stereocenters. The molecule has 0 saturated carbocycles. The summed E-state index contributed by atoms with van der Waals surface area (Å²) in [7, 11) is 3.19.